The van der Waals surface area contributed by atoms with Gasteiger partial charge in [-0.2, -0.15) is 5.10 Å². The smallest absolute Gasteiger partial charge is 0.305 e. The first kappa shape index (κ1) is 19.1. The highest BCUT2D eigenvalue weighted by Gasteiger charge is 1.99. The largest absolute Gasteiger partial charge is 0.469 e. The molecule has 1 aromatic rings. The molecule has 0 radical (unpaired) electrons. The fraction of sp³-hybridized carbons (Fsp3) is 0.471. The quantitative estimate of drug-likeness (QED) is 0.239. The maximum atomic E-state index is 10.9. The van der Waals surface area contributed by atoms with Crippen molar-refractivity contribution >= 4 is 29.5 Å². The van der Waals surface area contributed by atoms with E-state index in [-0.39, 0.29) is 5.97 Å². The third-order valence-electron chi connectivity index (χ3n) is 3.34. The van der Waals surface area contributed by atoms with Gasteiger partial charge in [0, 0.05) is 13.0 Å². The number of methoxy groups -OCH3 is 1. The summed E-state index contributed by atoms with van der Waals surface area (Å²) in [6.45, 7) is 2.89. The van der Waals surface area contributed by atoms with Crippen LogP contribution in [0, 0.1) is 0 Å². The number of unbranched alkanes of at least 4 members (excludes halogenated alkanes) is 2. The second-order valence-electron chi connectivity index (χ2n) is 5.11. The molecule has 0 aliphatic heterocycles. The molecule has 0 saturated carbocycles. The lowest BCUT2D eigenvalue weighted by molar-refractivity contribution is -0.140. The van der Waals surface area contributed by atoms with Gasteiger partial charge in [-0.15, -0.1) is 0 Å². The summed E-state index contributed by atoms with van der Waals surface area (Å²) in [5.41, 5.74) is 5.13. The lowest BCUT2D eigenvalue weighted by Gasteiger charge is -2.06. The molecule has 0 fully saturated rings. The maximum Gasteiger partial charge on any atom is 0.305 e. The van der Waals surface area contributed by atoms with Crippen LogP contribution >= 0.6 is 12.2 Å². The van der Waals surface area contributed by atoms with Crippen molar-refractivity contribution in [2.24, 2.45) is 5.10 Å². The molecule has 1 aromatic carbocycles. The molecule has 23 heavy (non-hydrogen) atoms. The standard InChI is InChI=1S/C17H25N3O2S/c1-3-14-8-10-15(11-9-14)13-19-20-17(23)18-12-6-4-5-7-16(21)22-2/h8-11,13H,3-7,12H2,1-2H3,(H2,18,20,23)/b19-13-. The summed E-state index contributed by atoms with van der Waals surface area (Å²) in [5, 5.41) is 7.69. The number of carbonyl (C=O) groups excluding carboxylic acids is 1. The molecule has 6 heteroatoms. The molecule has 2 N–H and O–H groups in total. The SMILES string of the molecule is CCc1ccc(/C=N\NC(=S)NCCCCCC(=O)OC)cc1. The number of nitrogens with zero attached hydrogens (tertiary/aromatic N) is 1. The minimum absolute atomic E-state index is 0.156. The summed E-state index contributed by atoms with van der Waals surface area (Å²) in [5.74, 6) is -0.156. The summed E-state index contributed by atoms with van der Waals surface area (Å²) >= 11 is 5.14. The Labute approximate surface area is 143 Å². The Morgan fingerprint density at radius 1 is 1.26 bits per heavy atom. The number of rotatable bonds is 9. The van der Waals surface area contributed by atoms with Crippen LogP contribution in [0.4, 0.5) is 0 Å². The minimum atomic E-state index is -0.156. The zero-order valence-corrected chi connectivity index (χ0v) is 14.6. The molecule has 0 amide bonds. The molecule has 0 saturated heterocycles. The van der Waals surface area contributed by atoms with Crippen LogP contribution in [0.15, 0.2) is 29.4 Å². The Hall–Kier alpha value is -1.95. The molecule has 0 aromatic heterocycles. The summed E-state index contributed by atoms with van der Waals surface area (Å²) in [6, 6.07) is 8.24. The first-order valence-corrected chi connectivity index (χ1v) is 8.29. The number of thiocarbonyl (C=S) groups is 1. The van der Waals surface area contributed by atoms with Gasteiger partial charge >= 0.3 is 5.97 Å². The average Bonchev–Trinajstić information content (AvgIpc) is 2.58. The van der Waals surface area contributed by atoms with Gasteiger partial charge in [0.1, 0.15) is 0 Å². The second-order valence-corrected chi connectivity index (χ2v) is 5.52. The third-order valence-corrected chi connectivity index (χ3v) is 3.57. The maximum absolute atomic E-state index is 10.9. The molecular formula is C17H25N3O2S. The Bertz CT molecular complexity index is 515. The second kappa shape index (κ2) is 11.6. The Morgan fingerprint density at radius 2 is 2.00 bits per heavy atom. The van der Waals surface area contributed by atoms with Crippen molar-refractivity contribution in [1.29, 1.82) is 0 Å². The van der Waals surface area contributed by atoms with Crippen LogP contribution in [0.1, 0.15) is 43.7 Å². The van der Waals surface area contributed by atoms with Crippen molar-refractivity contribution in [2.45, 2.75) is 39.0 Å². The summed E-state index contributed by atoms with van der Waals surface area (Å²) in [6.07, 6.45) is 5.98. The number of hydrazone groups is 1. The number of aryl methyl sites for hydroxylation is 1. The number of ether oxygens (including phenoxy) is 1. The molecule has 0 aliphatic carbocycles. The number of benzene rings is 1. The monoisotopic (exact) mass is 335 g/mol. The van der Waals surface area contributed by atoms with Crippen molar-refractivity contribution in [3.8, 4) is 0 Å². The van der Waals surface area contributed by atoms with Crippen LogP contribution < -0.4 is 10.7 Å². The van der Waals surface area contributed by atoms with E-state index < -0.39 is 0 Å². The van der Waals surface area contributed by atoms with Crippen molar-refractivity contribution in [1.82, 2.24) is 10.7 Å². The van der Waals surface area contributed by atoms with Crippen molar-refractivity contribution in [3.05, 3.63) is 35.4 Å². The van der Waals surface area contributed by atoms with Gasteiger partial charge < -0.3 is 10.1 Å². The van der Waals surface area contributed by atoms with Crippen LogP contribution in [0.2, 0.25) is 0 Å². The highest BCUT2D eigenvalue weighted by Crippen LogP contribution is 2.02. The van der Waals surface area contributed by atoms with Crippen LogP contribution in [0.3, 0.4) is 0 Å². The predicted molar refractivity (Wildman–Crippen MR) is 97.6 cm³/mol. The van der Waals surface area contributed by atoms with Gasteiger partial charge in [-0.1, -0.05) is 37.6 Å². The number of carbonyl (C=O) groups is 1. The summed E-state index contributed by atoms with van der Waals surface area (Å²) in [4.78, 5) is 10.9. The predicted octanol–water partition coefficient (Wildman–Crippen LogP) is 2.78. The Balaban J connectivity index is 2.11. The third kappa shape index (κ3) is 8.93. The van der Waals surface area contributed by atoms with Crippen LogP contribution in [-0.4, -0.2) is 31.0 Å². The van der Waals surface area contributed by atoms with Crippen LogP contribution in [0.25, 0.3) is 0 Å². The zero-order chi connectivity index (χ0) is 16.9. The summed E-state index contributed by atoms with van der Waals surface area (Å²) in [7, 11) is 1.41. The highest BCUT2D eigenvalue weighted by atomic mass is 32.1. The fourth-order valence-corrected chi connectivity index (χ4v) is 2.07. The molecule has 0 aliphatic rings. The molecule has 5 nitrogen and oxygen atoms in total. The van der Waals surface area contributed by atoms with E-state index in [1.807, 2.05) is 12.1 Å². The van der Waals surface area contributed by atoms with E-state index in [9.17, 15) is 4.79 Å². The average molecular weight is 335 g/mol. The lowest BCUT2D eigenvalue weighted by Crippen LogP contribution is -2.32. The normalized spacial score (nSPS) is 10.5. The van der Waals surface area contributed by atoms with Gasteiger partial charge in [0.25, 0.3) is 0 Å². The zero-order valence-electron chi connectivity index (χ0n) is 13.8. The van der Waals surface area contributed by atoms with Gasteiger partial charge in [0.2, 0.25) is 0 Å². The fourth-order valence-electron chi connectivity index (χ4n) is 1.92. The van der Waals surface area contributed by atoms with Crippen LogP contribution in [0.5, 0.6) is 0 Å². The molecule has 0 unspecified atom stereocenters. The lowest BCUT2D eigenvalue weighted by atomic mass is 10.1. The summed E-state index contributed by atoms with van der Waals surface area (Å²) < 4.78 is 4.59. The van der Waals surface area contributed by atoms with Gasteiger partial charge in [0.15, 0.2) is 5.11 Å². The van der Waals surface area contributed by atoms with E-state index in [0.717, 1.165) is 37.8 Å². The van der Waals surface area contributed by atoms with E-state index in [2.05, 4.69) is 39.6 Å². The number of hydrogen-bond acceptors (Lipinski definition) is 4. The van der Waals surface area contributed by atoms with E-state index in [0.29, 0.717) is 11.5 Å². The first-order valence-electron chi connectivity index (χ1n) is 7.88. The molecular weight excluding hydrogens is 310 g/mol. The molecule has 0 atom stereocenters. The number of esters is 1. The molecule has 1 rings (SSSR count). The number of nitrogens with one attached hydrogen (secondary N) is 2. The highest BCUT2D eigenvalue weighted by molar-refractivity contribution is 7.80. The van der Waals surface area contributed by atoms with Gasteiger partial charge in [-0.05, 0) is 42.6 Å². The Morgan fingerprint density at radius 3 is 2.65 bits per heavy atom. The molecule has 0 bridgehead atoms. The molecule has 0 spiro atoms. The Kier molecular flexibility index (Phi) is 9.63. The van der Waals surface area contributed by atoms with Crippen molar-refractivity contribution in [3.63, 3.8) is 0 Å². The molecule has 0 heterocycles. The van der Waals surface area contributed by atoms with Crippen molar-refractivity contribution < 1.29 is 9.53 Å². The van der Waals surface area contributed by atoms with Gasteiger partial charge in [-0.3, -0.25) is 10.2 Å². The molecule has 126 valence electrons. The van der Waals surface area contributed by atoms with Gasteiger partial charge in [0.05, 0.1) is 13.3 Å². The van der Waals surface area contributed by atoms with E-state index in [1.165, 1.54) is 12.7 Å². The van der Waals surface area contributed by atoms with E-state index >= 15 is 0 Å². The van der Waals surface area contributed by atoms with Crippen molar-refractivity contribution in [2.75, 3.05) is 13.7 Å². The number of hydrogen-bond donors (Lipinski definition) is 2. The topological polar surface area (TPSA) is 62.7 Å². The van der Waals surface area contributed by atoms with Crippen LogP contribution in [-0.2, 0) is 16.0 Å². The minimum Gasteiger partial charge on any atom is -0.469 e. The van der Waals surface area contributed by atoms with E-state index in [4.69, 9.17) is 12.2 Å². The first-order chi connectivity index (χ1) is 11.2. The van der Waals surface area contributed by atoms with Gasteiger partial charge in [-0.25, -0.2) is 0 Å². The van der Waals surface area contributed by atoms with E-state index in [1.54, 1.807) is 6.21 Å².